The second-order valence-corrected chi connectivity index (χ2v) is 6.94. The van der Waals surface area contributed by atoms with Crippen LogP contribution in [0.15, 0.2) is 48.9 Å². The van der Waals surface area contributed by atoms with Crippen molar-refractivity contribution in [2.24, 2.45) is 5.92 Å². The molecule has 0 bridgehead atoms. The summed E-state index contributed by atoms with van der Waals surface area (Å²) in [6.07, 6.45) is 7.30. The highest BCUT2D eigenvalue weighted by Crippen LogP contribution is 2.36. The first-order chi connectivity index (χ1) is 11.7. The van der Waals surface area contributed by atoms with Gasteiger partial charge in [0, 0.05) is 17.6 Å². The van der Waals surface area contributed by atoms with Gasteiger partial charge in [-0.1, -0.05) is 37.3 Å². The number of hydrogen-bond donors (Lipinski definition) is 1. The zero-order valence-corrected chi connectivity index (χ0v) is 14.0. The van der Waals surface area contributed by atoms with Crippen LogP contribution in [0.4, 0.5) is 0 Å². The Kier molecular flexibility index (Phi) is 4.07. The fourth-order valence-electron chi connectivity index (χ4n) is 3.85. The number of aliphatic hydroxyl groups is 1. The van der Waals surface area contributed by atoms with Crippen molar-refractivity contribution in [2.45, 2.75) is 44.8 Å². The average Bonchev–Trinajstić information content (AvgIpc) is 3.18. The van der Waals surface area contributed by atoms with Crippen LogP contribution < -0.4 is 0 Å². The summed E-state index contributed by atoms with van der Waals surface area (Å²) in [6, 6.07) is 13.0. The molecule has 1 saturated carbocycles. The van der Waals surface area contributed by atoms with Crippen molar-refractivity contribution >= 4 is 11.0 Å². The fourth-order valence-corrected chi connectivity index (χ4v) is 3.85. The molecule has 1 aliphatic rings. The molecule has 0 spiro atoms. The molecule has 0 aliphatic heterocycles. The van der Waals surface area contributed by atoms with E-state index in [0.29, 0.717) is 12.0 Å². The van der Waals surface area contributed by atoms with Gasteiger partial charge in [-0.3, -0.25) is 0 Å². The normalized spacial score (nSPS) is 23.8. The maximum absolute atomic E-state index is 10.1. The highest BCUT2D eigenvalue weighted by Gasteiger charge is 2.31. The number of nitrogens with zero attached hydrogens (tertiary/aromatic N) is 3. The number of rotatable bonds is 4. The van der Waals surface area contributed by atoms with E-state index in [-0.39, 0.29) is 6.10 Å². The molecule has 1 N–H and O–H groups in total. The Balaban J connectivity index is 1.60. The van der Waals surface area contributed by atoms with Crippen LogP contribution in [0.1, 0.15) is 37.1 Å². The monoisotopic (exact) mass is 321 g/mol. The molecule has 3 atom stereocenters. The van der Waals surface area contributed by atoms with Crippen LogP contribution in [-0.4, -0.2) is 25.7 Å². The predicted molar refractivity (Wildman–Crippen MR) is 94.8 cm³/mol. The fraction of sp³-hybridized carbons (Fsp3) is 0.400. The molecule has 1 fully saturated rings. The summed E-state index contributed by atoms with van der Waals surface area (Å²) in [6.45, 7) is 2.12. The molecule has 3 aromatic rings. The Morgan fingerprint density at radius 3 is 2.67 bits per heavy atom. The summed E-state index contributed by atoms with van der Waals surface area (Å²) in [4.78, 5) is 9.04. The standard InChI is InChI=1S/C20H23N3O/c1-14-11-16(12-19(14)24)23-10-9-17-18(21-13-22-20(17)23)8-7-15-5-3-2-4-6-15/h2-6,9-10,13-14,16,19,24H,7-8,11-12H2,1H3/t14-,16+,19-/m0/s1. The second-order valence-electron chi connectivity index (χ2n) is 6.94. The molecule has 2 heterocycles. The summed E-state index contributed by atoms with van der Waals surface area (Å²) in [5.41, 5.74) is 3.44. The van der Waals surface area contributed by atoms with E-state index in [4.69, 9.17) is 0 Å². The van der Waals surface area contributed by atoms with E-state index in [0.717, 1.165) is 42.4 Å². The molecule has 24 heavy (non-hydrogen) atoms. The van der Waals surface area contributed by atoms with Crippen molar-refractivity contribution in [3.63, 3.8) is 0 Å². The molecule has 0 unspecified atom stereocenters. The number of benzene rings is 1. The van der Waals surface area contributed by atoms with Gasteiger partial charge in [-0.25, -0.2) is 9.97 Å². The zero-order chi connectivity index (χ0) is 16.5. The van der Waals surface area contributed by atoms with Crippen molar-refractivity contribution in [3.05, 3.63) is 60.2 Å². The summed E-state index contributed by atoms with van der Waals surface area (Å²) in [5.74, 6) is 0.354. The Bertz CT molecular complexity index is 817. The molecule has 0 amide bonds. The Morgan fingerprint density at radius 2 is 1.92 bits per heavy atom. The van der Waals surface area contributed by atoms with Gasteiger partial charge >= 0.3 is 0 Å². The topological polar surface area (TPSA) is 50.9 Å². The van der Waals surface area contributed by atoms with Gasteiger partial charge in [0.1, 0.15) is 12.0 Å². The van der Waals surface area contributed by atoms with E-state index in [1.54, 1.807) is 6.33 Å². The first-order valence-corrected chi connectivity index (χ1v) is 8.75. The molecule has 0 saturated heterocycles. The lowest BCUT2D eigenvalue weighted by atomic mass is 10.1. The van der Waals surface area contributed by atoms with Crippen LogP contribution in [0.3, 0.4) is 0 Å². The van der Waals surface area contributed by atoms with Crippen LogP contribution in [0.25, 0.3) is 11.0 Å². The second kappa shape index (κ2) is 6.36. The summed E-state index contributed by atoms with van der Waals surface area (Å²) in [5, 5.41) is 11.2. The summed E-state index contributed by atoms with van der Waals surface area (Å²) in [7, 11) is 0. The maximum Gasteiger partial charge on any atom is 0.143 e. The van der Waals surface area contributed by atoms with Crippen LogP contribution >= 0.6 is 0 Å². The lowest BCUT2D eigenvalue weighted by molar-refractivity contribution is 0.139. The van der Waals surface area contributed by atoms with Crippen molar-refractivity contribution in [1.82, 2.24) is 14.5 Å². The van der Waals surface area contributed by atoms with E-state index in [9.17, 15) is 5.11 Å². The van der Waals surface area contributed by atoms with Gasteiger partial charge in [0.25, 0.3) is 0 Å². The van der Waals surface area contributed by atoms with Gasteiger partial charge in [-0.05, 0) is 43.2 Å². The quantitative estimate of drug-likeness (QED) is 0.799. The minimum atomic E-state index is -0.202. The largest absolute Gasteiger partial charge is 0.393 e. The highest BCUT2D eigenvalue weighted by atomic mass is 16.3. The van der Waals surface area contributed by atoms with Gasteiger partial charge < -0.3 is 9.67 Å². The number of hydrogen-bond acceptors (Lipinski definition) is 3. The number of aromatic nitrogens is 3. The smallest absolute Gasteiger partial charge is 0.143 e. The minimum Gasteiger partial charge on any atom is -0.393 e. The van der Waals surface area contributed by atoms with Gasteiger partial charge in [0.05, 0.1) is 11.8 Å². The number of aryl methyl sites for hydroxylation is 2. The molecular weight excluding hydrogens is 298 g/mol. The third-order valence-corrected chi connectivity index (χ3v) is 5.29. The number of aliphatic hydroxyl groups excluding tert-OH is 1. The zero-order valence-electron chi connectivity index (χ0n) is 14.0. The number of fused-ring (bicyclic) bond motifs is 1. The van der Waals surface area contributed by atoms with E-state index >= 15 is 0 Å². The van der Waals surface area contributed by atoms with Crippen molar-refractivity contribution in [1.29, 1.82) is 0 Å². The summed E-state index contributed by atoms with van der Waals surface area (Å²) < 4.78 is 2.23. The molecule has 4 nitrogen and oxygen atoms in total. The molecular formula is C20H23N3O. The van der Waals surface area contributed by atoms with Crippen molar-refractivity contribution < 1.29 is 5.11 Å². The van der Waals surface area contributed by atoms with Gasteiger partial charge in [-0.15, -0.1) is 0 Å². The molecule has 0 radical (unpaired) electrons. The Morgan fingerprint density at radius 1 is 1.08 bits per heavy atom. The average molecular weight is 321 g/mol. The van der Waals surface area contributed by atoms with E-state index < -0.39 is 0 Å². The van der Waals surface area contributed by atoms with E-state index in [2.05, 4.69) is 58.0 Å². The van der Waals surface area contributed by atoms with Gasteiger partial charge in [0.2, 0.25) is 0 Å². The molecule has 124 valence electrons. The lowest BCUT2D eigenvalue weighted by Gasteiger charge is -2.13. The lowest BCUT2D eigenvalue weighted by Crippen LogP contribution is -2.09. The van der Waals surface area contributed by atoms with Crippen molar-refractivity contribution in [3.8, 4) is 0 Å². The summed E-state index contributed by atoms with van der Waals surface area (Å²) >= 11 is 0. The van der Waals surface area contributed by atoms with Gasteiger partial charge in [-0.2, -0.15) is 0 Å². The molecule has 4 heteroatoms. The Hall–Kier alpha value is -2.20. The first-order valence-electron chi connectivity index (χ1n) is 8.75. The van der Waals surface area contributed by atoms with Crippen LogP contribution in [0.5, 0.6) is 0 Å². The predicted octanol–water partition coefficient (Wildman–Crippen LogP) is 3.55. The third kappa shape index (κ3) is 2.82. The molecule has 1 aliphatic carbocycles. The molecule has 2 aromatic heterocycles. The van der Waals surface area contributed by atoms with E-state index in [1.807, 2.05) is 6.07 Å². The van der Waals surface area contributed by atoms with Crippen LogP contribution in [0.2, 0.25) is 0 Å². The van der Waals surface area contributed by atoms with Crippen LogP contribution in [-0.2, 0) is 12.8 Å². The Labute approximate surface area is 142 Å². The third-order valence-electron chi connectivity index (χ3n) is 5.29. The molecule has 4 rings (SSSR count). The van der Waals surface area contributed by atoms with Crippen molar-refractivity contribution in [2.75, 3.05) is 0 Å². The minimum absolute atomic E-state index is 0.202. The van der Waals surface area contributed by atoms with Gasteiger partial charge in [0.15, 0.2) is 0 Å². The van der Waals surface area contributed by atoms with Crippen LogP contribution in [0, 0.1) is 5.92 Å². The first kappa shape index (κ1) is 15.3. The molecule has 1 aromatic carbocycles. The SMILES string of the molecule is C[C@H]1C[C@@H](n2ccc3c(CCc4ccccc4)ncnc32)C[C@@H]1O. The maximum atomic E-state index is 10.1. The highest BCUT2D eigenvalue weighted by molar-refractivity contribution is 5.78. The van der Waals surface area contributed by atoms with E-state index in [1.165, 1.54) is 5.56 Å².